The van der Waals surface area contributed by atoms with Gasteiger partial charge in [-0.2, -0.15) is 0 Å². The number of nitrogens with one attached hydrogen (secondary N) is 1. The Hall–Kier alpha value is -1.60. The zero-order valence-corrected chi connectivity index (χ0v) is 13.9. The van der Waals surface area contributed by atoms with Crippen molar-refractivity contribution in [1.82, 2.24) is 4.98 Å². The second kappa shape index (κ2) is 8.14. The molecule has 0 aliphatic carbocycles. The lowest BCUT2D eigenvalue weighted by Crippen LogP contribution is -2.12. The summed E-state index contributed by atoms with van der Waals surface area (Å²) in [5.41, 5.74) is 1.60. The number of nitrogens with zero attached hydrogens (tertiary/aromatic N) is 1. The van der Waals surface area contributed by atoms with Gasteiger partial charge in [-0.1, -0.05) is 25.1 Å². The molecule has 1 aromatic carbocycles. The van der Waals surface area contributed by atoms with Crippen LogP contribution in [0.1, 0.15) is 32.6 Å². The van der Waals surface area contributed by atoms with Crippen LogP contribution in [-0.2, 0) is 9.59 Å². The van der Waals surface area contributed by atoms with Crippen molar-refractivity contribution in [3.05, 3.63) is 18.2 Å². The molecule has 0 radical (unpaired) electrons. The Labute approximate surface area is 137 Å². The number of thioether (sulfide) groups is 1. The first kappa shape index (κ1) is 16.8. The van der Waals surface area contributed by atoms with Gasteiger partial charge in [-0.15, -0.1) is 11.3 Å². The Balaban J connectivity index is 2.00. The van der Waals surface area contributed by atoms with Crippen molar-refractivity contribution in [2.45, 2.75) is 36.9 Å². The maximum atomic E-state index is 11.6. The maximum Gasteiger partial charge on any atom is 0.303 e. The second-order valence-electron chi connectivity index (χ2n) is 4.81. The molecule has 2 rings (SSSR count). The molecule has 0 aliphatic heterocycles. The van der Waals surface area contributed by atoms with Gasteiger partial charge in [-0.25, -0.2) is 4.98 Å². The van der Waals surface area contributed by atoms with Gasteiger partial charge in [0.25, 0.3) is 0 Å². The van der Waals surface area contributed by atoms with E-state index in [2.05, 4.69) is 17.2 Å². The van der Waals surface area contributed by atoms with Crippen molar-refractivity contribution in [1.29, 1.82) is 0 Å². The number of anilines is 1. The average Bonchev–Trinajstić information content (AvgIpc) is 2.87. The normalized spacial score (nSPS) is 10.8. The van der Waals surface area contributed by atoms with Crippen molar-refractivity contribution >= 4 is 50.9 Å². The van der Waals surface area contributed by atoms with E-state index in [0.29, 0.717) is 5.69 Å². The number of aliphatic carboxylic acids is 1. The zero-order chi connectivity index (χ0) is 15.9. The average molecular weight is 338 g/mol. The molecule has 0 bridgehead atoms. The van der Waals surface area contributed by atoms with Gasteiger partial charge in [0.2, 0.25) is 5.91 Å². The highest BCUT2D eigenvalue weighted by atomic mass is 32.2. The molecule has 0 saturated heterocycles. The van der Waals surface area contributed by atoms with Gasteiger partial charge in [-0.3, -0.25) is 9.59 Å². The molecule has 1 heterocycles. The van der Waals surface area contributed by atoms with Crippen molar-refractivity contribution in [2.24, 2.45) is 0 Å². The summed E-state index contributed by atoms with van der Waals surface area (Å²) in [7, 11) is 0. The van der Waals surface area contributed by atoms with E-state index in [4.69, 9.17) is 5.11 Å². The molecule has 0 saturated carbocycles. The van der Waals surface area contributed by atoms with Gasteiger partial charge in [-0.05, 0) is 24.6 Å². The number of carboxylic acid groups (broad SMARTS) is 1. The first-order valence-corrected chi connectivity index (χ1v) is 8.93. The monoisotopic (exact) mass is 338 g/mol. The van der Waals surface area contributed by atoms with E-state index in [1.54, 1.807) is 29.2 Å². The Kier molecular flexibility index (Phi) is 6.21. The highest BCUT2D eigenvalue weighted by molar-refractivity contribution is 8.01. The van der Waals surface area contributed by atoms with E-state index in [0.717, 1.165) is 20.3 Å². The molecule has 22 heavy (non-hydrogen) atoms. The fraction of sp³-hybridized carbons (Fsp3) is 0.400. The number of carbonyl (C=O) groups excluding carboxylic acids is 1. The van der Waals surface area contributed by atoms with Crippen LogP contribution in [0.15, 0.2) is 22.5 Å². The molecule has 1 aromatic heterocycles. The molecule has 0 aliphatic rings. The van der Waals surface area contributed by atoms with Crippen LogP contribution >= 0.6 is 23.1 Å². The Morgan fingerprint density at radius 3 is 2.91 bits per heavy atom. The number of thiazole rings is 1. The first-order chi connectivity index (χ1) is 10.6. The van der Waals surface area contributed by atoms with E-state index >= 15 is 0 Å². The lowest BCUT2D eigenvalue weighted by atomic mass is 10.2. The number of unbranched alkanes of at least 4 members (excludes halogenated alkanes) is 1. The van der Waals surface area contributed by atoms with Gasteiger partial charge >= 0.3 is 5.97 Å². The Morgan fingerprint density at radius 1 is 1.36 bits per heavy atom. The number of amides is 1. The fourth-order valence-corrected chi connectivity index (χ4v) is 4.05. The number of benzene rings is 1. The van der Waals surface area contributed by atoms with Gasteiger partial charge < -0.3 is 10.4 Å². The lowest BCUT2D eigenvalue weighted by Gasteiger charge is -2.03. The molecule has 118 valence electrons. The predicted molar refractivity (Wildman–Crippen MR) is 90.8 cm³/mol. The highest BCUT2D eigenvalue weighted by Gasteiger charge is 2.08. The summed E-state index contributed by atoms with van der Waals surface area (Å²) >= 11 is 3.37. The van der Waals surface area contributed by atoms with Crippen LogP contribution < -0.4 is 5.32 Å². The van der Waals surface area contributed by atoms with E-state index < -0.39 is 5.97 Å². The third-order valence-corrected chi connectivity index (χ3v) is 5.19. The van der Waals surface area contributed by atoms with Gasteiger partial charge in [0.15, 0.2) is 4.34 Å². The summed E-state index contributed by atoms with van der Waals surface area (Å²) in [5, 5.41) is 11.3. The van der Waals surface area contributed by atoms with Crippen molar-refractivity contribution in [3.8, 4) is 0 Å². The summed E-state index contributed by atoms with van der Waals surface area (Å²) in [6.45, 7) is 2.16. The number of hydrogen-bond acceptors (Lipinski definition) is 5. The molecule has 7 heteroatoms. The first-order valence-electron chi connectivity index (χ1n) is 7.13. The third kappa shape index (κ3) is 4.99. The second-order valence-corrected chi connectivity index (χ2v) is 7.18. The summed E-state index contributed by atoms with van der Waals surface area (Å²) < 4.78 is 2.06. The van der Waals surface area contributed by atoms with Crippen LogP contribution in [0.3, 0.4) is 0 Å². The number of carbonyl (C=O) groups is 2. The van der Waals surface area contributed by atoms with Crippen LogP contribution in [0.2, 0.25) is 0 Å². The molecular formula is C15H18N2O3S2. The molecule has 0 unspecified atom stereocenters. The maximum absolute atomic E-state index is 11.6. The molecule has 2 aromatic rings. The number of rotatable bonds is 8. The van der Waals surface area contributed by atoms with E-state index in [-0.39, 0.29) is 18.7 Å². The van der Waals surface area contributed by atoms with E-state index in [9.17, 15) is 9.59 Å². The molecule has 1 amide bonds. The topological polar surface area (TPSA) is 79.3 Å². The Morgan fingerprint density at radius 2 is 2.18 bits per heavy atom. The number of hydrogen-bond donors (Lipinski definition) is 2. The minimum absolute atomic E-state index is 0.0197. The minimum Gasteiger partial charge on any atom is -0.481 e. The van der Waals surface area contributed by atoms with Crippen LogP contribution in [0.25, 0.3) is 10.2 Å². The van der Waals surface area contributed by atoms with Crippen LogP contribution in [-0.4, -0.2) is 27.7 Å². The van der Waals surface area contributed by atoms with Crippen LogP contribution in [0.4, 0.5) is 5.69 Å². The van der Waals surface area contributed by atoms with Gasteiger partial charge in [0.1, 0.15) is 0 Å². The predicted octanol–water partition coefficient (Wildman–Crippen LogP) is 3.99. The van der Waals surface area contributed by atoms with Gasteiger partial charge in [0.05, 0.1) is 16.6 Å². The molecule has 2 N–H and O–H groups in total. The minimum atomic E-state index is -0.971. The third-order valence-electron chi connectivity index (χ3n) is 2.94. The summed E-state index contributed by atoms with van der Waals surface area (Å²) in [4.78, 5) is 26.7. The van der Waals surface area contributed by atoms with E-state index in [1.807, 2.05) is 12.1 Å². The number of fused-ring (bicyclic) bond motifs is 1. The quantitative estimate of drug-likeness (QED) is 0.562. The van der Waals surface area contributed by atoms with E-state index in [1.165, 1.54) is 12.8 Å². The Bertz CT molecular complexity index is 670. The lowest BCUT2D eigenvalue weighted by molar-refractivity contribution is -0.138. The van der Waals surface area contributed by atoms with Crippen LogP contribution in [0.5, 0.6) is 0 Å². The van der Waals surface area contributed by atoms with Crippen molar-refractivity contribution in [3.63, 3.8) is 0 Å². The molecule has 0 spiro atoms. The van der Waals surface area contributed by atoms with Crippen LogP contribution in [0, 0.1) is 0 Å². The molecule has 0 fully saturated rings. The molecule has 5 nitrogen and oxygen atoms in total. The fourth-order valence-electron chi connectivity index (χ4n) is 1.79. The zero-order valence-electron chi connectivity index (χ0n) is 12.3. The molecule has 0 atom stereocenters. The van der Waals surface area contributed by atoms with Crippen molar-refractivity contribution < 1.29 is 14.7 Å². The number of aromatic nitrogens is 1. The smallest absolute Gasteiger partial charge is 0.303 e. The SMILES string of the molecule is CCCCSc1nc2ccc(NC(=O)CCC(=O)O)cc2s1. The number of carboxylic acids is 1. The standard InChI is InChI=1S/C15H18N2O3S2/c1-2-3-8-21-15-17-11-5-4-10(9-12(11)22-15)16-13(18)6-7-14(19)20/h4-5,9H,2-3,6-8H2,1H3,(H,16,18)(H,19,20). The highest BCUT2D eigenvalue weighted by Crippen LogP contribution is 2.31. The molecular weight excluding hydrogens is 320 g/mol. The summed E-state index contributed by atoms with van der Waals surface area (Å²) in [6.07, 6.45) is 2.16. The van der Waals surface area contributed by atoms with Crippen molar-refractivity contribution in [2.75, 3.05) is 11.1 Å². The summed E-state index contributed by atoms with van der Waals surface area (Å²) in [6, 6.07) is 5.55. The summed E-state index contributed by atoms with van der Waals surface area (Å²) in [5.74, 6) is -0.194. The largest absolute Gasteiger partial charge is 0.481 e. The van der Waals surface area contributed by atoms with Gasteiger partial charge in [0, 0.05) is 17.9 Å².